The van der Waals surface area contributed by atoms with E-state index in [1.54, 1.807) is 33.3 Å². The van der Waals surface area contributed by atoms with Crippen LogP contribution in [-0.2, 0) is 16.0 Å². The highest BCUT2D eigenvalue weighted by Crippen LogP contribution is 2.28. The molecule has 2 amide bonds. The van der Waals surface area contributed by atoms with Gasteiger partial charge in [0.25, 0.3) is 5.91 Å². The van der Waals surface area contributed by atoms with Crippen LogP contribution in [0.4, 0.5) is 0 Å². The quantitative estimate of drug-likeness (QED) is 0.377. The fraction of sp³-hybridized carbons (Fsp3) is 0.318. The first-order chi connectivity index (χ1) is 15.3. The van der Waals surface area contributed by atoms with E-state index in [1.165, 1.54) is 6.07 Å². The third-order valence-electron chi connectivity index (χ3n) is 4.22. The largest absolute Gasteiger partial charge is 0.493 e. The minimum absolute atomic E-state index is 0.0517. The zero-order valence-corrected chi connectivity index (χ0v) is 19.5. The van der Waals surface area contributed by atoms with Gasteiger partial charge in [-0.2, -0.15) is 5.10 Å². The van der Waals surface area contributed by atoms with Crippen LogP contribution in [0.2, 0.25) is 10.0 Å². The Hall–Kier alpha value is -2.97. The molecule has 0 bridgehead atoms. The van der Waals surface area contributed by atoms with Crippen molar-refractivity contribution >= 4 is 40.7 Å². The van der Waals surface area contributed by atoms with Crippen LogP contribution in [0.15, 0.2) is 41.5 Å². The van der Waals surface area contributed by atoms with E-state index in [-0.39, 0.29) is 18.9 Å². The SMILES string of the molecule is COc1ccc(CCNC(=O)C/C(C)=N/NC(=O)COc2ccc(Cl)cc2Cl)cc1OC. The highest BCUT2D eigenvalue weighted by Gasteiger charge is 2.09. The third-order valence-corrected chi connectivity index (χ3v) is 4.75. The zero-order chi connectivity index (χ0) is 23.5. The lowest BCUT2D eigenvalue weighted by atomic mass is 10.1. The van der Waals surface area contributed by atoms with E-state index in [9.17, 15) is 9.59 Å². The van der Waals surface area contributed by atoms with Gasteiger partial charge in [0, 0.05) is 17.3 Å². The molecule has 2 aromatic carbocycles. The summed E-state index contributed by atoms with van der Waals surface area (Å²) in [5, 5.41) is 7.50. The van der Waals surface area contributed by atoms with Gasteiger partial charge in [-0.25, -0.2) is 5.43 Å². The normalized spacial score (nSPS) is 11.0. The van der Waals surface area contributed by atoms with E-state index >= 15 is 0 Å². The molecule has 2 rings (SSSR count). The topological polar surface area (TPSA) is 98.2 Å². The monoisotopic (exact) mass is 481 g/mol. The summed E-state index contributed by atoms with van der Waals surface area (Å²) in [4.78, 5) is 24.0. The molecule has 0 saturated carbocycles. The van der Waals surface area contributed by atoms with E-state index < -0.39 is 5.91 Å². The molecular weight excluding hydrogens is 457 g/mol. The molecule has 172 valence electrons. The van der Waals surface area contributed by atoms with Crippen molar-refractivity contribution in [3.8, 4) is 17.2 Å². The summed E-state index contributed by atoms with van der Waals surface area (Å²) in [7, 11) is 3.15. The summed E-state index contributed by atoms with van der Waals surface area (Å²) in [6, 6.07) is 10.3. The van der Waals surface area contributed by atoms with Gasteiger partial charge >= 0.3 is 0 Å². The predicted octanol–water partition coefficient (Wildman–Crippen LogP) is 3.63. The predicted molar refractivity (Wildman–Crippen MR) is 124 cm³/mol. The molecule has 0 aromatic heterocycles. The summed E-state index contributed by atoms with van der Waals surface area (Å²) in [6.07, 6.45) is 0.680. The minimum atomic E-state index is -0.482. The van der Waals surface area contributed by atoms with Crippen LogP contribution in [0.3, 0.4) is 0 Å². The smallest absolute Gasteiger partial charge is 0.277 e. The van der Waals surface area contributed by atoms with Crippen molar-refractivity contribution in [1.82, 2.24) is 10.7 Å². The molecule has 0 heterocycles. The molecule has 2 N–H and O–H groups in total. The van der Waals surface area contributed by atoms with E-state index in [4.69, 9.17) is 37.4 Å². The number of hydrogen-bond donors (Lipinski definition) is 2. The average Bonchev–Trinajstić information content (AvgIpc) is 2.76. The number of ether oxygens (including phenoxy) is 3. The number of nitrogens with zero attached hydrogens (tertiary/aromatic N) is 1. The van der Waals surface area contributed by atoms with Crippen molar-refractivity contribution in [2.45, 2.75) is 19.8 Å². The van der Waals surface area contributed by atoms with Crippen molar-refractivity contribution in [3.63, 3.8) is 0 Å². The first kappa shape index (κ1) is 25.3. The first-order valence-corrected chi connectivity index (χ1v) is 10.5. The van der Waals surface area contributed by atoms with E-state index in [2.05, 4.69) is 15.8 Å². The Bertz CT molecular complexity index is 982. The Morgan fingerprint density at radius 1 is 0.969 bits per heavy atom. The maximum atomic E-state index is 12.1. The molecule has 0 atom stereocenters. The van der Waals surface area contributed by atoms with Gasteiger partial charge in [0.15, 0.2) is 18.1 Å². The van der Waals surface area contributed by atoms with Crippen LogP contribution in [-0.4, -0.2) is 44.9 Å². The lowest BCUT2D eigenvalue weighted by Gasteiger charge is -2.10. The van der Waals surface area contributed by atoms with Crippen molar-refractivity contribution in [2.24, 2.45) is 5.10 Å². The number of amides is 2. The molecule has 32 heavy (non-hydrogen) atoms. The second-order valence-corrected chi connectivity index (χ2v) is 7.56. The Morgan fingerprint density at radius 2 is 1.69 bits per heavy atom. The van der Waals surface area contributed by atoms with Crippen molar-refractivity contribution in [1.29, 1.82) is 0 Å². The Labute approximate surface area is 196 Å². The lowest BCUT2D eigenvalue weighted by Crippen LogP contribution is -2.29. The second-order valence-electron chi connectivity index (χ2n) is 6.71. The molecule has 0 unspecified atom stereocenters. The maximum Gasteiger partial charge on any atom is 0.277 e. The van der Waals surface area contributed by atoms with Gasteiger partial charge in [-0.15, -0.1) is 0 Å². The number of halogens is 2. The van der Waals surface area contributed by atoms with Crippen LogP contribution in [0.25, 0.3) is 0 Å². The molecule has 0 aliphatic carbocycles. The van der Waals surface area contributed by atoms with Gasteiger partial charge in [0.1, 0.15) is 5.75 Å². The van der Waals surface area contributed by atoms with Gasteiger partial charge in [-0.3, -0.25) is 9.59 Å². The fourth-order valence-electron chi connectivity index (χ4n) is 2.64. The van der Waals surface area contributed by atoms with E-state index in [0.717, 1.165) is 5.56 Å². The van der Waals surface area contributed by atoms with Crippen LogP contribution in [0.1, 0.15) is 18.9 Å². The molecule has 0 aliphatic rings. The number of carbonyl (C=O) groups is 2. The van der Waals surface area contributed by atoms with Crippen LogP contribution < -0.4 is 25.0 Å². The summed E-state index contributed by atoms with van der Waals surface area (Å²) >= 11 is 11.8. The van der Waals surface area contributed by atoms with Gasteiger partial charge in [0.2, 0.25) is 5.91 Å². The number of hydrazone groups is 1. The van der Waals surface area contributed by atoms with Crippen LogP contribution >= 0.6 is 23.2 Å². The van der Waals surface area contributed by atoms with Crippen LogP contribution in [0, 0.1) is 0 Å². The van der Waals surface area contributed by atoms with Crippen molar-refractivity contribution in [2.75, 3.05) is 27.4 Å². The van der Waals surface area contributed by atoms with Gasteiger partial charge < -0.3 is 19.5 Å². The molecule has 2 aromatic rings. The lowest BCUT2D eigenvalue weighted by molar-refractivity contribution is -0.123. The summed E-state index contributed by atoms with van der Waals surface area (Å²) in [6.45, 7) is 1.81. The van der Waals surface area contributed by atoms with E-state index in [1.807, 2.05) is 18.2 Å². The highest BCUT2D eigenvalue weighted by atomic mass is 35.5. The van der Waals surface area contributed by atoms with E-state index in [0.29, 0.717) is 46.0 Å². The molecule has 8 nitrogen and oxygen atoms in total. The molecule has 10 heteroatoms. The van der Waals surface area contributed by atoms with Gasteiger partial charge in [-0.1, -0.05) is 29.3 Å². The molecule has 0 spiro atoms. The minimum Gasteiger partial charge on any atom is -0.493 e. The standard InChI is InChI=1S/C22H25Cl2N3O5/c1-14(26-27-22(29)13-32-18-7-5-16(23)12-17(18)24)10-21(28)25-9-8-15-4-6-19(30-2)20(11-15)31-3/h4-7,11-12H,8-10,13H2,1-3H3,(H,25,28)(H,27,29)/b26-14+. The molecule has 0 saturated heterocycles. The fourth-order valence-corrected chi connectivity index (χ4v) is 3.11. The van der Waals surface area contributed by atoms with Crippen molar-refractivity contribution < 1.29 is 23.8 Å². The second kappa shape index (κ2) is 12.8. The first-order valence-electron chi connectivity index (χ1n) is 9.69. The number of nitrogens with one attached hydrogen (secondary N) is 2. The Morgan fingerprint density at radius 3 is 2.38 bits per heavy atom. The number of methoxy groups -OCH3 is 2. The summed E-state index contributed by atoms with van der Waals surface area (Å²) in [5.74, 6) is 0.934. The Kier molecular flexibility index (Phi) is 10.1. The number of hydrogen-bond acceptors (Lipinski definition) is 6. The molecule has 0 radical (unpaired) electrons. The number of rotatable bonds is 11. The molecule has 0 aliphatic heterocycles. The highest BCUT2D eigenvalue weighted by molar-refractivity contribution is 6.35. The van der Waals surface area contributed by atoms with Gasteiger partial charge in [0.05, 0.1) is 25.7 Å². The van der Waals surface area contributed by atoms with Crippen molar-refractivity contribution in [3.05, 3.63) is 52.0 Å². The van der Waals surface area contributed by atoms with Crippen LogP contribution in [0.5, 0.6) is 17.2 Å². The average molecular weight is 482 g/mol. The summed E-state index contributed by atoms with van der Waals surface area (Å²) in [5.41, 5.74) is 3.80. The zero-order valence-electron chi connectivity index (χ0n) is 18.0. The molecular formula is C22H25Cl2N3O5. The number of carbonyl (C=O) groups excluding carboxylic acids is 2. The summed E-state index contributed by atoms with van der Waals surface area (Å²) < 4.78 is 15.8. The third kappa shape index (κ3) is 8.28. The maximum absolute atomic E-state index is 12.1. The number of benzene rings is 2. The Balaban J connectivity index is 1.71. The van der Waals surface area contributed by atoms with Gasteiger partial charge in [-0.05, 0) is 49.2 Å². The molecule has 0 fully saturated rings.